The number of nitrogens with one attached hydrogen (secondary N) is 2. The normalized spacial score (nSPS) is 11.8. The molecule has 0 saturated heterocycles. The summed E-state index contributed by atoms with van der Waals surface area (Å²) in [4.78, 5) is 4.65. The third-order valence-electron chi connectivity index (χ3n) is 4.32. The lowest BCUT2D eigenvalue weighted by Gasteiger charge is -2.19. The number of methoxy groups -OCH3 is 1. The van der Waals surface area contributed by atoms with Crippen LogP contribution in [0.5, 0.6) is 17.2 Å². The van der Waals surface area contributed by atoms with Crippen LogP contribution in [0, 0.1) is 6.92 Å². The Hall–Kier alpha value is -2.20. The lowest BCUT2D eigenvalue weighted by atomic mass is 10.2. The van der Waals surface area contributed by atoms with E-state index >= 15 is 0 Å². The Morgan fingerprint density at radius 3 is 2.55 bits per heavy atom. The van der Waals surface area contributed by atoms with Gasteiger partial charge < -0.3 is 30.0 Å². The van der Waals surface area contributed by atoms with E-state index in [2.05, 4.69) is 15.6 Å². The highest BCUT2D eigenvalue weighted by Gasteiger charge is 2.09. The van der Waals surface area contributed by atoms with Gasteiger partial charge in [0.25, 0.3) is 0 Å². The van der Waals surface area contributed by atoms with Gasteiger partial charge in [0.1, 0.15) is 18.5 Å². The molecule has 2 rings (SSSR count). The van der Waals surface area contributed by atoms with E-state index in [0.717, 1.165) is 29.4 Å². The molecule has 2 aromatic carbocycles. The molecule has 0 radical (unpaired) electrons. The van der Waals surface area contributed by atoms with Crippen LogP contribution in [0.25, 0.3) is 0 Å². The van der Waals surface area contributed by atoms with Crippen LogP contribution in [0.4, 0.5) is 0 Å². The van der Waals surface area contributed by atoms with Crippen LogP contribution in [0.3, 0.4) is 0 Å². The molecule has 0 amide bonds. The molecule has 0 bridgehead atoms. The van der Waals surface area contributed by atoms with Crippen molar-refractivity contribution in [3.8, 4) is 17.2 Å². The fourth-order valence-corrected chi connectivity index (χ4v) is 2.78. The molecule has 0 fully saturated rings. The minimum Gasteiger partial charge on any atom is -0.493 e. The van der Waals surface area contributed by atoms with Crippen molar-refractivity contribution in [2.45, 2.75) is 33.4 Å². The molecule has 0 aliphatic carbocycles. The van der Waals surface area contributed by atoms with Crippen LogP contribution >= 0.6 is 24.0 Å². The molecule has 31 heavy (non-hydrogen) atoms. The second-order valence-electron chi connectivity index (χ2n) is 6.83. The van der Waals surface area contributed by atoms with Gasteiger partial charge in [0.05, 0.1) is 26.8 Å². The number of aryl methyl sites for hydroxylation is 1. The van der Waals surface area contributed by atoms with Gasteiger partial charge in [-0.2, -0.15) is 0 Å². The zero-order valence-electron chi connectivity index (χ0n) is 18.7. The number of nitrogens with zero attached hydrogens (tertiary/aromatic N) is 1. The minimum atomic E-state index is -0.0428. The van der Waals surface area contributed by atoms with Crippen molar-refractivity contribution < 1.29 is 19.3 Å². The molecule has 1 unspecified atom stereocenters. The van der Waals surface area contributed by atoms with E-state index in [-0.39, 0.29) is 43.3 Å². The van der Waals surface area contributed by atoms with E-state index in [1.54, 1.807) is 7.11 Å². The molecule has 172 valence electrons. The minimum absolute atomic E-state index is 0. The van der Waals surface area contributed by atoms with Gasteiger partial charge in [0, 0.05) is 6.54 Å². The van der Waals surface area contributed by atoms with Crippen LogP contribution in [0.1, 0.15) is 25.0 Å². The molecule has 0 saturated carbocycles. The Kier molecular flexibility index (Phi) is 12.8. The van der Waals surface area contributed by atoms with Gasteiger partial charge >= 0.3 is 0 Å². The summed E-state index contributed by atoms with van der Waals surface area (Å²) in [6, 6.07) is 13.7. The van der Waals surface area contributed by atoms with Gasteiger partial charge in [-0.25, -0.2) is 4.99 Å². The SMILES string of the molecule is CCNC(=NCc1ccc(OCCO)c(OC)c1)NCC(C)Oc1ccccc1C.I. The van der Waals surface area contributed by atoms with E-state index in [1.807, 2.05) is 63.2 Å². The molecule has 0 aliphatic heterocycles. The molecule has 3 N–H and O–H groups in total. The lowest BCUT2D eigenvalue weighted by Crippen LogP contribution is -2.41. The number of benzene rings is 2. The van der Waals surface area contributed by atoms with Crippen LogP contribution in [0.15, 0.2) is 47.5 Å². The molecular formula is C23H34IN3O4. The van der Waals surface area contributed by atoms with Crippen molar-refractivity contribution in [1.82, 2.24) is 10.6 Å². The Balaban J connectivity index is 0.00000480. The van der Waals surface area contributed by atoms with Crippen molar-refractivity contribution in [3.05, 3.63) is 53.6 Å². The molecule has 0 aromatic heterocycles. The quantitative estimate of drug-likeness (QED) is 0.229. The number of halogens is 1. The monoisotopic (exact) mass is 543 g/mol. The Labute approximate surface area is 202 Å². The number of aliphatic hydroxyl groups is 1. The van der Waals surface area contributed by atoms with Crippen LogP contribution < -0.4 is 24.8 Å². The first-order valence-electron chi connectivity index (χ1n) is 10.2. The first-order valence-corrected chi connectivity index (χ1v) is 10.2. The van der Waals surface area contributed by atoms with Crippen molar-refractivity contribution in [3.63, 3.8) is 0 Å². The Morgan fingerprint density at radius 2 is 1.87 bits per heavy atom. The number of aliphatic hydroxyl groups excluding tert-OH is 1. The van der Waals surface area contributed by atoms with Crippen molar-refractivity contribution in [2.75, 3.05) is 33.4 Å². The van der Waals surface area contributed by atoms with Gasteiger partial charge in [0.2, 0.25) is 0 Å². The second-order valence-corrected chi connectivity index (χ2v) is 6.83. The maximum absolute atomic E-state index is 8.92. The van der Waals surface area contributed by atoms with Crippen LogP contribution in [-0.2, 0) is 6.54 Å². The molecular weight excluding hydrogens is 509 g/mol. The number of para-hydroxylation sites is 1. The fourth-order valence-electron chi connectivity index (χ4n) is 2.78. The molecule has 8 heteroatoms. The third-order valence-corrected chi connectivity index (χ3v) is 4.32. The van der Waals surface area contributed by atoms with E-state index in [9.17, 15) is 0 Å². The van der Waals surface area contributed by atoms with E-state index in [4.69, 9.17) is 19.3 Å². The zero-order valence-corrected chi connectivity index (χ0v) is 21.0. The highest BCUT2D eigenvalue weighted by molar-refractivity contribution is 14.0. The third kappa shape index (κ3) is 9.22. The maximum atomic E-state index is 8.92. The smallest absolute Gasteiger partial charge is 0.191 e. The van der Waals surface area contributed by atoms with Gasteiger partial charge in [-0.05, 0) is 50.1 Å². The molecule has 0 aliphatic rings. The summed E-state index contributed by atoms with van der Waals surface area (Å²) in [5.41, 5.74) is 2.11. The number of rotatable bonds is 11. The summed E-state index contributed by atoms with van der Waals surface area (Å²) in [6.07, 6.45) is -0.0157. The van der Waals surface area contributed by atoms with Crippen molar-refractivity contribution in [1.29, 1.82) is 0 Å². The van der Waals surface area contributed by atoms with Crippen molar-refractivity contribution in [2.24, 2.45) is 4.99 Å². The topological polar surface area (TPSA) is 84.3 Å². The van der Waals surface area contributed by atoms with Gasteiger partial charge in [-0.1, -0.05) is 24.3 Å². The van der Waals surface area contributed by atoms with E-state index in [0.29, 0.717) is 24.6 Å². The van der Waals surface area contributed by atoms with Gasteiger partial charge in [-0.3, -0.25) is 0 Å². The molecule has 0 spiro atoms. The fraction of sp³-hybridized carbons (Fsp3) is 0.435. The molecule has 1 atom stereocenters. The average molecular weight is 543 g/mol. The number of ether oxygens (including phenoxy) is 3. The summed E-state index contributed by atoms with van der Waals surface area (Å²) < 4.78 is 16.9. The Bertz CT molecular complexity index is 817. The van der Waals surface area contributed by atoms with Crippen LogP contribution in [-0.4, -0.2) is 50.6 Å². The first-order chi connectivity index (χ1) is 14.6. The average Bonchev–Trinajstić information content (AvgIpc) is 2.76. The standard InChI is InChI=1S/C23H33N3O4.HI/c1-5-24-23(25-15-18(3)30-20-9-7-6-8-17(20)2)26-16-19-10-11-21(29-13-12-27)22(14-19)28-4;/h6-11,14,18,27H,5,12-13,15-16H2,1-4H3,(H2,24,25,26);1H. The molecule has 2 aromatic rings. The zero-order chi connectivity index (χ0) is 21.8. The molecule has 0 heterocycles. The Morgan fingerprint density at radius 1 is 1.10 bits per heavy atom. The van der Waals surface area contributed by atoms with Gasteiger partial charge in [0.15, 0.2) is 17.5 Å². The van der Waals surface area contributed by atoms with Crippen molar-refractivity contribution >= 4 is 29.9 Å². The first kappa shape index (κ1) is 26.8. The maximum Gasteiger partial charge on any atom is 0.191 e. The molecule has 7 nitrogen and oxygen atoms in total. The highest BCUT2D eigenvalue weighted by Crippen LogP contribution is 2.28. The lowest BCUT2D eigenvalue weighted by molar-refractivity contribution is 0.196. The number of hydrogen-bond acceptors (Lipinski definition) is 5. The predicted octanol–water partition coefficient (Wildman–Crippen LogP) is 3.52. The number of guanidine groups is 1. The predicted molar refractivity (Wildman–Crippen MR) is 135 cm³/mol. The number of aliphatic imine (C=N–C) groups is 1. The van der Waals surface area contributed by atoms with Gasteiger partial charge in [-0.15, -0.1) is 24.0 Å². The summed E-state index contributed by atoms with van der Waals surface area (Å²) in [6.45, 7) is 8.14. The summed E-state index contributed by atoms with van der Waals surface area (Å²) in [5, 5.41) is 15.5. The number of hydrogen-bond donors (Lipinski definition) is 3. The largest absolute Gasteiger partial charge is 0.493 e. The summed E-state index contributed by atoms with van der Waals surface area (Å²) in [5.74, 6) is 2.84. The second kappa shape index (κ2) is 14.7. The summed E-state index contributed by atoms with van der Waals surface area (Å²) in [7, 11) is 1.59. The highest BCUT2D eigenvalue weighted by atomic mass is 127. The summed E-state index contributed by atoms with van der Waals surface area (Å²) >= 11 is 0. The van der Waals surface area contributed by atoms with E-state index < -0.39 is 0 Å². The van der Waals surface area contributed by atoms with E-state index in [1.165, 1.54) is 0 Å². The van der Waals surface area contributed by atoms with Crippen LogP contribution in [0.2, 0.25) is 0 Å².